The minimum atomic E-state index is 0.839. The fourth-order valence-corrected chi connectivity index (χ4v) is 2.90. The van der Waals surface area contributed by atoms with Crippen molar-refractivity contribution in [1.29, 1.82) is 0 Å². The molecule has 17 heavy (non-hydrogen) atoms. The highest BCUT2D eigenvalue weighted by Gasteiger charge is 1.99. The van der Waals surface area contributed by atoms with Crippen molar-refractivity contribution in [2.75, 3.05) is 5.32 Å². The summed E-state index contributed by atoms with van der Waals surface area (Å²) in [6.45, 7) is 0.839. The molecule has 0 radical (unpaired) electrons. The molecule has 86 valence electrons. The van der Waals surface area contributed by atoms with Gasteiger partial charge in [-0.3, -0.25) is 5.10 Å². The first-order valence-corrected chi connectivity index (χ1v) is 6.88. The van der Waals surface area contributed by atoms with E-state index in [1.54, 1.807) is 11.3 Å². The minimum Gasteiger partial charge on any atom is -0.381 e. The lowest BCUT2D eigenvalue weighted by molar-refractivity contribution is 1.12. The number of anilines is 1. The van der Waals surface area contributed by atoms with Crippen LogP contribution in [0.2, 0.25) is 0 Å². The maximum absolute atomic E-state index is 4.01. The molecule has 2 heterocycles. The van der Waals surface area contributed by atoms with Crippen LogP contribution in [0.25, 0.3) is 10.9 Å². The number of aromatic amines is 1. The number of hydrogen-bond donors (Lipinski definition) is 2. The van der Waals surface area contributed by atoms with Crippen molar-refractivity contribution in [2.24, 2.45) is 0 Å². The molecular formula is C12H10BrN3S. The number of thiophene rings is 1. The van der Waals surface area contributed by atoms with Gasteiger partial charge < -0.3 is 5.32 Å². The van der Waals surface area contributed by atoms with Gasteiger partial charge in [-0.2, -0.15) is 5.10 Å². The minimum absolute atomic E-state index is 0.839. The number of H-pyrrole nitrogens is 1. The average Bonchev–Trinajstić information content (AvgIpc) is 2.94. The summed E-state index contributed by atoms with van der Waals surface area (Å²) in [5.41, 5.74) is 3.46. The van der Waals surface area contributed by atoms with Crippen molar-refractivity contribution in [3.8, 4) is 0 Å². The van der Waals surface area contributed by atoms with E-state index in [1.807, 2.05) is 12.3 Å². The molecule has 2 aromatic heterocycles. The molecular weight excluding hydrogens is 298 g/mol. The number of halogens is 1. The molecule has 0 aliphatic carbocycles. The smallest absolute Gasteiger partial charge is 0.0701 e. The fraction of sp³-hybridized carbons (Fsp3) is 0.0833. The lowest BCUT2D eigenvalue weighted by Gasteiger charge is -2.04. The summed E-state index contributed by atoms with van der Waals surface area (Å²) in [6.07, 6.45) is 1.84. The summed E-state index contributed by atoms with van der Waals surface area (Å²) in [7, 11) is 0. The van der Waals surface area contributed by atoms with Gasteiger partial charge in [0.15, 0.2) is 0 Å². The van der Waals surface area contributed by atoms with Crippen molar-refractivity contribution in [3.63, 3.8) is 0 Å². The molecule has 0 spiro atoms. The molecule has 2 N–H and O–H groups in total. The van der Waals surface area contributed by atoms with E-state index in [0.717, 1.165) is 23.1 Å². The highest BCUT2D eigenvalue weighted by molar-refractivity contribution is 9.11. The normalized spacial score (nSPS) is 10.9. The topological polar surface area (TPSA) is 40.7 Å². The standard InChI is InChI=1S/C12H10BrN3S/c13-12-3-8(7-17-12)5-14-10-1-2-11-9(4-10)6-15-16-11/h1-4,6-7,14H,5H2,(H,15,16). The summed E-state index contributed by atoms with van der Waals surface area (Å²) in [5.74, 6) is 0. The number of rotatable bonds is 3. The molecule has 0 aliphatic rings. The molecule has 0 aliphatic heterocycles. The SMILES string of the molecule is Brc1cc(CNc2ccc3[nH]ncc3c2)cs1. The molecule has 3 aromatic rings. The quantitative estimate of drug-likeness (QED) is 0.768. The molecule has 0 unspecified atom stereocenters. The third-order valence-corrected chi connectivity index (χ3v) is 4.11. The third-order valence-electron chi connectivity index (χ3n) is 2.56. The van der Waals surface area contributed by atoms with Crippen LogP contribution in [0.4, 0.5) is 5.69 Å². The van der Waals surface area contributed by atoms with Crippen molar-refractivity contribution in [1.82, 2.24) is 10.2 Å². The Hall–Kier alpha value is -1.33. The third kappa shape index (κ3) is 2.35. The van der Waals surface area contributed by atoms with Crippen LogP contribution in [0.1, 0.15) is 5.56 Å². The molecule has 3 rings (SSSR count). The van der Waals surface area contributed by atoms with E-state index in [2.05, 4.69) is 55.0 Å². The summed E-state index contributed by atoms with van der Waals surface area (Å²) >= 11 is 5.17. The number of benzene rings is 1. The van der Waals surface area contributed by atoms with E-state index in [9.17, 15) is 0 Å². The fourth-order valence-electron chi connectivity index (χ4n) is 1.70. The van der Waals surface area contributed by atoms with Gasteiger partial charge in [-0.1, -0.05) is 0 Å². The molecule has 0 saturated carbocycles. The van der Waals surface area contributed by atoms with Crippen LogP contribution in [0.15, 0.2) is 39.6 Å². The molecule has 0 atom stereocenters. The molecule has 3 nitrogen and oxygen atoms in total. The Balaban J connectivity index is 1.76. The van der Waals surface area contributed by atoms with E-state index in [0.29, 0.717) is 0 Å². The average molecular weight is 308 g/mol. The van der Waals surface area contributed by atoms with Gasteiger partial charge in [0, 0.05) is 17.6 Å². The van der Waals surface area contributed by atoms with Crippen LogP contribution in [-0.2, 0) is 6.54 Å². The highest BCUT2D eigenvalue weighted by atomic mass is 79.9. The Bertz CT molecular complexity index is 644. The first-order valence-electron chi connectivity index (χ1n) is 5.21. The van der Waals surface area contributed by atoms with Crippen LogP contribution in [0, 0.1) is 0 Å². The maximum atomic E-state index is 4.01. The van der Waals surface area contributed by atoms with E-state index in [1.165, 1.54) is 9.35 Å². The van der Waals surface area contributed by atoms with Gasteiger partial charge in [0.25, 0.3) is 0 Å². The van der Waals surface area contributed by atoms with Crippen molar-refractivity contribution in [3.05, 3.63) is 45.2 Å². The molecule has 0 amide bonds. The van der Waals surface area contributed by atoms with E-state index in [-0.39, 0.29) is 0 Å². The number of hydrogen-bond acceptors (Lipinski definition) is 3. The number of nitrogens with zero attached hydrogens (tertiary/aromatic N) is 1. The molecule has 0 saturated heterocycles. The van der Waals surface area contributed by atoms with Crippen LogP contribution in [0.5, 0.6) is 0 Å². The first kappa shape index (κ1) is 10.8. The number of aromatic nitrogens is 2. The Kier molecular flexibility index (Phi) is 2.86. The first-order chi connectivity index (χ1) is 8.31. The van der Waals surface area contributed by atoms with Crippen molar-refractivity contribution < 1.29 is 0 Å². The zero-order valence-electron chi connectivity index (χ0n) is 8.90. The predicted octanol–water partition coefficient (Wildman–Crippen LogP) is 4.00. The van der Waals surface area contributed by atoms with Gasteiger partial charge in [-0.25, -0.2) is 0 Å². The second kappa shape index (κ2) is 4.50. The van der Waals surface area contributed by atoms with Crippen LogP contribution in [0.3, 0.4) is 0 Å². The van der Waals surface area contributed by atoms with Gasteiger partial charge in [0.05, 0.1) is 15.5 Å². The van der Waals surface area contributed by atoms with Crippen LogP contribution < -0.4 is 5.32 Å². The second-order valence-corrected chi connectivity index (χ2v) is 6.08. The summed E-state index contributed by atoms with van der Waals surface area (Å²) < 4.78 is 1.17. The second-order valence-electron chi connectivity index (χ2n) is 3.78. The molecule has 0 fully saturated rings. The number of fused-ring (bicyclic) bond motifs is 1. The van der Waals surface area contributed by atoms with E-state index < -0.39 is 0 Å². The van der Waals surface area contributed by atoms with Crippen LogP contribution >= 0.6 is 27.3 Å². The molecule has 5 heteroatoms. The monoisotopic (exact) mass is 307 g/mol. The van der Waals surface area contributed by atoms with Gasteiger partial charge >= 0.3 is 0 Å². The molecule has 0 bridgehead atoms. The largest absolute Gasteiger partial charge is 0.381 e. The Morgan fingerprint density at radius 3 is 3.12 bits per heavy atom. The Morgan fingerprint density at radius 1 is 1.35 bits per heavy atom. The van der Waals surface area contributed by atoms with Gasteiger partial charge in [0.2, 0.25) is 0 Å². The zero-order chi connectivity index (χ0) is 11.7. The van der Waals surface area contributed by atoms with Crippen molar-refractivity contribution in [2.45, 2.75) is 6.54 Å². The summed E-state index contributed by atoms with van der Waals surface area (Å²) in [4.78, 5) is 0. The van der Waals surface area contributed by atoms with Gasteiger partial charge in [-0.05, 0) is 51.1 Å². The van der Waals surface area contributed by atoms with E-state index in [4.69, 9.17) is 0 Å². The maximum Gasteiger partial charge on any atom is 0.0701 e. The lowest BCUT2D eigenvalue weighted by Crippen LogP contribution is -1.97. The molecule has 1 aromatic carbocycles. The summed E-state index contributed by atoms with van der Waals surface area (Å²) in [6, 6.07) is 8.32. The predicted molar refractivity (Wildman–Crippen MR) is 75.4 cm³/mol. The zero-order valence-corrected chi connectivity index (χ0v) is 11.3. The van der Waals surface area contributed by atoms with Crippen molar-refractivity contribution >= 4 is 43.9 Å². The Morgan fingerprint density at radius 2 is 2.29 bits per heavy atom. The highest BCUT2D eigenvalue weighted by Crippen LogP contribution is 2.22. The summed E-state index contributed by atoms with van der Waals surface area (Å²) in [5, 5.41) is 13.6. The van der Waals surface area contributed by atoms with Gasteiger partial charge in [0.1, 0.15) is 0 Å². The number of nitrogens with one attached hydrogen (secondary N) is 2. The Labute approximate surface area is 111 Å². The van der Waals surface area contributed by atoms with E-state index >= 15 is 0 Å². The van der Waals surface area contributed by atoms with Gasteiger partial charge in [-0.15, -0.1) is 11.3 Å². The lowest BCUT2D eigenvalue weighted by atomic mass is 10.2. The van der Waals surface area contributed by atoms with Crippen LogP contribution in [-0.4, -0.2) is 10.2 Å².